The van der Waals surface area contributed by atoms with Crippen LogP contribution in [0.5, 0.6) is 0 Å². The van der Waals surface area contributed by atoms with E-state index in [0.29, 0.717) is 5.52 Å². The molecule has 0 fully saturated rings. The van der Waals surface area contributed by atoms with Gasteiger partial charge in [0.15, 0.2) is 0 Å². The molecule has 0 atom stereocenters. The average Bonchev–Trinajstić information content (AvgIpc) is 3.92. The predicted molar refractivity (Wildman–Crippen MR) is 227 cm³/mol. The molecule has 8 aromatic carbocycles. The minimum absolute atomic E-state index is 0.195. The number of fused-ring (bicyclic) bond motifs is 7. The van der Waals surface area contributed by atoms with Gasteiger partial charge in [-0.25, -0.2) is 13.4 Å². The number of nitrogens with zero attached hydrogens (tertiary/aromatic N) is 4. The molecule has 11 rings (SSSR count). The van der Waals surface area contributed by atoms with Crippen LogP contribution in [-0.4, -0.2) is 27.1 Å². The van der Waals surface area contributed by atoms with E-state index in [-0.39, 0.29) is 9.79 Å². The lowest BCUT2D eigenvalue weighted by atomic mass is 10.1. The lowest BCUT2D eigenvalue weighted by Crippen LogP contribution is -2.03. The van der Waals surface area contributed by atoms with Gasteiger partial charge in [0, 0.05) is 44.2 Å². The van der Waals surface area contributed by atoms with Crippen LogP contribution in [0.2, 0.25) is 0 Å². The number of rotatable bonds is 6. The standard InChI is InChI=1S/C49H32N4O2S/c54-56(55,37-26-23-35(24-27-37)52-44-20-10-7-17-39(44)40-18-8-11-21-45(40)52)38-28-30-48-43(32-38)50-49(33-13-3-1-4-14-33)53(48)36-25-29-47-42(31-36)41-19-9-12-22-46(41)51(47)34-15-5-2-6-16-34/h1-32H. The molecule has 0 radical (unpaired) electrons. The normalized spacial score (nSPS) is 12.1. The van der Waals surface area contributed by atoms with E-state index in [1.807, 2.05) is 78.9 Å². The second kappa shape index (κ2) is 12.4. The molecule has 0 unspecified atom stereocenters. The van der Waals surface area contributed by atoms with Gasteiger partial charge in [0.1, 0.15) is 5.82 Å². The Morgan fingerprint density at radius 2 is 0.821 bits per heavy atom. The van der Waals surface area contributed by atoms with Crippen LogP contribution in [0.1, 0.15) is 0 Å². The predicted octanol–water partition coefficient (Wildman–Crippen LogP) is 11.7. The zero-order valence-electron chi connectivity index (χ0n) is 30.0. The van der Waals surface area contributed by atoms with Crippen molar-refractivity contribution in [3.8, 4) is 28.5 Å². The Bertz CT molecular complexity index is 3360. The van der Waals surface area contributed by atoms with Gasteiger partial charge in [-0.2, -0.15) is 0 Å². The SMILES string of the molecule is O=S(=O)(c1ccc(-n2c3ccccc3c3ccccc32)cc1)c1ccc2c(c1)nc(-c1ccccc1)n2-c1ccc2c(c1)c1ccccc1n2-c1ccccc1. The highest BCUT2D eigenvalue weighted by atomic mass is 32.2. The topological polar surface area (TPSA) is 61.8 Å². The van der Waals surface area contributed by atoms with Crippen LogP contribution in [0.3, 0.4) is 0 Å². The number of hydrogen-bond donors (Lipinski definition) is 0. The molecule has 11 aromatic rings. The van der Waals surface area contributed by atoms with E-state index in [2.05, 4.69) is 105 Å². The molecule has 0 aliphatic rings. The molecule has 266 valence electrons. The maximum atomic E-state index is 14.3. The van der Waals surface area contributed by atoms with Gasteiger partial charge in [0.05, 0.1) is 42.9 Å². The van der Waals surface area contributed by atoms with E-state index < -0.39 is 9.84 Å². The first-order valence-electron chi connectivity index (χ1n) is 18.6. The van der Waals surface area contributed by atoms with Crippen molar-refractivity contribution in [3.05, 3.63) is 194 Å². The van der Waals surface area contributed by atoms with Gasteiger partial charge in [0.25, 0.3) is 0 Å². The molecule has 3 aromatic heterocycles. The summed E-state index contributed by atoms with van der Waals surface area (Å²) in [6.45, 7) is 0. The zero-order valence-corrected chi connectivity index (χ0v) is 30.8. The summed E-state index contributed by atoms with van der Waals surface area (Å²) in [4.78, 5) is 5.54. The molecule has 0 aliphatic heterocycles. The lowest BCUT2D eigenvalue weighted by molar-refractivity contribution is 0.596. The smallest absolute Gasteiger partial charge is 0.206 e. The maximum absolute atomic E-state index is 14.3. The zero-order chi connectivity index (χ0) is 37.4. The van der Waals surface area contributed by atoms with Crippen LogP contribution in [0.25, 0.3) is 83.1 Å². The van der Waals surface area contributed by atoms with Crippen LogP contribution in [0, 0.1) is 0 Å². The van der Waals surface area contributed by atoms with E-state index in [1.165, 1.54) is 0 Å². The molecule has 56 heavy (non-hydrogen) atoms. The first kappa shape index (κ1) is 32.2. The molecule has 0 spiro atoms. The minimum Gasteiger partial charge on any atom is -0.309 e. The highest BCUT2D eigenvalue weighted by molar-refractivity contribution is 7.91. The fourth-order valence-corrected chi connectivity index (χ4v) is 9.62. The number of hydrogen-bond acceptors (Lipinski definition) is 3. The highest BCUT2D eigenvalue weighted by Gasteiger charge is 2.23. The Morgan fingerprint density at radius 3 is 1.45 bits per heavy atom. The van der Waals surface area contributed by atoms with Crippen molar-refractivity contribution in [2.24, 2.45) is 0 Å². The molecule has 7 heteroatoms. The quantitative estimate of drug-likeness (QED) is 0.171. The van der Waals surface area contributed by atoms with Gasteiger partial charge in [-0.1, -0.05) is 103 Å². The number of sulfone groups is 1. The van der Waals surface area contributed by atoms with Gasteiger partial charge in [-0.05, 0) is 91.0 Å². The number of imidazole rings is 1. The van der Waals surface area contributed by atoms with Crippen molar-refractivity contribution >= 4 is 64.5 Å². The summed E-state index contributed by atoms with van der Waals surface area (Å²) in [6.07, 6.45) is 0. The molecule has 0 bridgehead atoms. The molecule has 0 amide bonds. The largest absolute Gasteiger partial charge is 0.309 e. The average molecular weight is 741 g/mol. The van der Waals surface area contributed by atoms with Gasteiger partial charge >= 0.3 is 0 Å². The Balaban J connectivity index is 1.04. The maximum Gasteiger partial charge on any atom is 0.206 e. The molecule has 0 saturated heterocycles. The Morgan fingerprint density at radius 1 is 0.357 bits per heavy atom. The van der Waals surface area contributed by atoms with Crippen molar-refractivity contribution in [1.29, 1.82) is 0 Å². The van der Waals surface area contributed by atoms with E-state index in [1.54, 1.807) is 24.3 Å². The Kier molecular flexibility index (Phi) is 7.14. The molecule has 0 N–H and O–H groups in total. The summed E-state index contributed by atoms with van der Waals surface area (Å²) >= 11 is 0. The fourth-order valence-electron chi connectivity index (χ4n) is 8.34. The Hall–Kier alpha value is -7.22. The van der Waals surface area contributed by atoms with Gasteiger partial charge < -0.3 is 9.13 Å². The van der Waals surface area contributed by atoms with Gasteiger partial charge in [-0.15, -0.1) is 0 Å². The van der Waals surface area contributed by atoms with Crippen LogP contribution in [-0.2, 0) is 9.84 Å². The summed E-state index contributed by atoms with van der Waals surface area (Å²) in [6, 6.07) is 64.5. The first-order valence-corrected chi connectivity index (χ1v) is 20.0. The molecular weight excluding hydrogens is 709 g/mol. The highest BCUT2D eigenvalue weighted by Crippen LogP contribution is 2.37. The summed E-state index contributed by atoms with van der Waals surface area (Å²) < 4.78 is 35.2. The third-order valence-corrected chi connectivity index (χ3v) is 12.6. The first-order chi connectivity index (χ1) is 27.5. The number of para-hydroxylation sites is 4. The van der Waals surface area contributed by atoms with Gasteiger partial charge in [0.2, 0.25) is 9.84 Å². The van der Waals surface area contributed by atoms with Crippen LogP contribution in [0.4, 0.5) is 0 Å². The number of benzene rings is 8. The second-order valence-corrected chi connectivity index (χ2v) is 16.0. The molecular formula is C49H32N4O2S. The monoisotopic (exact) mass is 740 g/mol. The molecule has 0 saturated carbocycles. The lowest BCUT2D eigenvalue weighted by Gasteiger charge is -2.12. The van der Waals surface area contributed by atoms with Crippen LogP contribution in [0.15, 0.2) is 204 Å². The summed E-state index contributed by atoms with van der Waals surface area (Å²) in [7, 11) is -3.87. The molecule has 6 nitrogen and oxygen atoms in total. The third-order valence-electron chi connectivity index (χ3n) is 10.9. The van der Waals surface area contributed by atoms with Crippen molar-refractivity contribution in [2.75, 3.05) is 0 Å². The Labute approximate surface area is 322 Å². The third kappa shape index (κ3) is 4.88. The van der Waals surface area contributed by atoms with Crippen molar-refractivity contribution in [2.45, 2.75) is 9.79 Å². The minimum atomic E-state index is -3.87. The molecule has 3 heterocycles. The van der Waals surface area contributed by atoms with E-state index in [4.69, 9.17) is 4.98 Å². The van der Waals surface area contributed by atoms with Gasteiger partial charge in [-0.3, -0.25) is 4.57 Å². The van der Waals surface area contributed by atoms with Crippen LogP contribution < -0.4 is 0 Å². The van der Waals surface area contributed by atoms with Crippen molar-refractivity contribution in [1.82, 2.24) is 18.7 Å². The summed E-state index contributed by atoms with van der Waals surface area (Å²) in [5.74, 6) is 0.733. The number of aromatic nitrogens is 4. The van der Waals surface area contributed by atoms with Crippen LogP contribution >= 0.6 is 0 Å². The van der Waals surface area contributed by atoms with E-state index >= 15 is 0 Å². The molecule has 0 aliphatic carbocycles. The second-order valence-electron chi connectivity index (χ2n) is 14.0. The van der Waals surface area contributed by atoms with Crippen molar-refractivity contribution < 1.29 is 8.42 Å². The fraction of sp³-hybridized carbons (Fsp3) is 0. The van der Waals surface area contributed by atoms with E-state index in [0.717, 1.165) is 77.6 Å². The van der Waals surface area contributed by atoms with E-state index in [9.17, 15) is 8.42 Å². The van der Waals surface area contributed by atoms with Crippen molar-refractivity contribution in [3.63, 3.8) is 0 Å². The summed E-state index contributed by atoms with van der Waals surface area (Å²) in [5.41, 5.74) is 9.64. The summed E-state index contributed by atoms with van der Waals surface area (Å²) in [5, 5.41) is 4.57.